The largest absolute Gasteiger partial charge is 0.496 e. The summed E-state index contributed by atoms with van der Waals surface area (Å²) in [5, 5.41) is 10.3. The first-order valence-electron chi connectivity index (χ1n) is 6.80. The van der Waals surface area contributed by atoms with Gasteiger partial charge in [-0.05, 0) is 32.6 Å². The quantitative estimate of drug-likeness (QED) is 0.892. The maximum Gasteiger partial charge on any atom is 0.128 e. The van der Waals surface area contributed by atoms with E-state index < -0.39 is 0 Å². The van der Waals surface area contributed by atoms with Crippen molar-refractivity contribution in [1.29, 1.82) is 0 Å². The van der Waals surface area contributed by atoms with E-state index in [1.165, 1.54) is 12.8 Å². The second-order valence-corrected chi connectivity index (χ2v) is 5.36. The van der Waals surface area contributed by atoms with E-state index in [1.54, 1.807) is 7.11 Å². The predicted molar refractivity (Wildman–Crippen MR) is 71.9 cm³/mol. The summed E-state index contributed by atoms with van der Waals surface area (Å²) >= 11 is 0. The Kier molecular flexibility index (Phi) is 4.23. The van der Waals surface area contributed by atoms with E-state index in [4.69, 9.17) is 4.74 Å². The lowest BCUT2D eigenvalue weighted by Gasteiger charge is -2.19. The first-order chi connectivity index (χ1) is 8.63. The normalized spacial score (nSPS) is 18.0. The molecular formula is C15H23NO2. The van der Waals surface area contributed by atoms with Crippen LogP contribution in [0.25, 0.3) is 0 Å². The number of aliphatic hydroxyl groups is 1. The van der Waals surface area contributed by atoms with Crippen molar-refractivity contribution in [2.45, 2.75) is 52.1 Å². The fourth-order valence-electron chi connectivity index (χ4n) is 2.98. The fourth-order valence-corrected chi connectivity index (χ4v) is 2.98. The second kappa shape index (κ2) is 5.70. The van der Waals surface area contributed by atoms with Crippen LogP contribution in [0.3, 0.4) is 0 Å². The number of aliphatic hydroxyl groups excluding tert-OH is 1. The molecule has 1 heterocycles. The molecule has 1 aliphatic carbocycles. The highest BCUT2D eigenvalue weighted by atomic mass is 16.5. The molecule has 2 rings (SSSR count). The summed E-state index contributed by atoms with van der Waals surface area (Å²) in [4.78, 5) is 4.46. The molecule has 1 atom stereocenters. The minimum absolute atomic E-state index is 0.258. The van der Waals surface area contributed by atoms with Crippen molar-refractivity contribution in [1.82, 2.24) is 4.98 Å². The molecule has 0 aromatic carbocycles. The molecule has 0 aliphatic heterocycles. The molecule has 0 saturated heterocycles. The van der Waals surface area contributed by atoms with E-state index >= 15 is 0 Å². The summed E-state index contributed by atoms with van der Waals surface area (Å²) in [5.74, 6) is 1.36. The van der Waals surface area contributed by atoms with Crippen molar-refractivity contribution in [2.75, 3.05) is 7.11 Å². The molecule has 18 heavy (non-hydrogen) atoms. The van der Waals surface area contributed by atoms with Crippen LogP contribution in [0.5, 0.6) is 5.75 Å². The van der Waals surface area contributed by atoms with Crippen molar-refractivity contribution in [3.63, 3.8) is 0 Å². The van der Waals surface area contributed by atoms with Gasteiger partial charge in [-0.25, -0.2) is 0 Å². The van der Waals surface area contributed by atoms with Crippen LogP contribution in [0.4, 0.5) is 0 Å². The Morgan fingerprint density at radius 3 is 2.67 bits per heavy atom. The first kappa shape index (κ1) is 13.3. The van der Waals surface area contributed by atoms with Gasteiger partial charge in [-0.1, -0.05) is 12.8 Å². The van der Waals surface area contributed by atoms with Crippen molar-refractivity contribution in [3.05, 3.63) is 23.0 Å². The average molecular weight is 249 g/mol. The molecule has 0 amide bonds. The van der Waals surface area contributed by atoms with Gasteiger partial charge in [0.25, 0.3) is 0 Å². The summed E-state index contributed by atoms with van der Waals surface area (Å²) in [6, 6.07) is 0. The molecule has 3 heteroatoms. The van der Waals surface area contributed by atoms with Crippen LogP contribution in [0.2, 0.25) is 0 Å². The minimum atomic E-state index is -0.258. The van der Waals surface area contributed by atoms with E-state index in [9.17, 15) is 5.11 Å². The molecule has 100 valence electrons. The average Bonchev–Trinajstić information content (AvgIpc) is 2.87. The fraction of sp³-hybridized carbons (Fsp3) is 0.667. The maximum absolute atomic E-state index is 10.3. The Labute approximate surface area is 109 Å². The van der Waals surface area contributed by atoms with E-state index in [-0.39, 0.29) is 6.10 Å². The molecule has 1 aromatic heterocycles. The Bertz CT molecular complexity index is 411. The van der Waals surface area contributed by atoms with Gasteiger partial charge in [0.2, 0.25) is 0 Å². The highest BCUT2D eigenvalue weighted by molar-refractivity contribution is 5.41. The highest BCUT2D eigenvalue weighted by Crippen LogP contribution is 2.31. The van der Waals surface area contributed by atoms with Gasteiger partial charge < -0.3 is 9.84 Å². The number of aromatic nitrogens is 1. The zero-order chi connectivity index (χ0) is 13.1. The summed E-state index contributed by atoms with van der Waals surface area (Å²) in [6.45, 7) is 4.02. The zero-order valence-electron chi connectivity index (χ0n) is 11.6. The van der Waals surface area contributed by atoms with Gasteiger partial charge in [0.05, 0.1) is 13.2 Å². The minimum Gasteiger partial charge on any atom is -0.496 e. The molecule has 1 unspecified atom stereocenters. The third-order valence-electron chi connectivity index (χ3n) is 4.10. The molecule has 3 nitrogen and oxygen atoms in total. The number of ether oxygens (including phenoxy) is 1. The molecule has 1 saturated carbocycles. The topological polar surface area (TPSA) is 42.4 Å². The number of nitrogens with zero attached hydrogens (tertiary/aromatic N) is 1. The molecule has 0 radical (unpaired) electrons. The molecule has 0 spiro atoms. The van der Waals surface area contributed by atoms with Crippen molar-refractivity contribution < 1.29 is 9.84 Å². The molecule has 1 N–H and O–H groups in total. The summed E-state index contributed by atoms with van der Waals surface area (Å²) in [5.41, 5.74) is 3.08. The lowest BCUT2D eigenvalue weighted by molar-refractivity contribution is 0.110. The number of hydrogen-bond acceptors (Lipinski definition) is 3. The molecular weight excluding hydrogens is 226 g/mol. The molecule has 1 aromatic rings. The highest BCUT2D eigenvalue weighted by Gasteiger charge is 2.24. The number of pyridine rings is 1. The van der Waals surface area contributed by atoms with Gasteiger partial charge >= 0.3 is 0 Å². The Hall–Kier alpha value is -1.09. The van der Waals surface area contributed by atoms with Gasteiger partial charge in [-0.2, -0.15) is 0 Å². The molecule has 0 bridgehead atoms. The number of rotatable bonds is 4. The van der Waals surface area contributed by atoms with Crippen molar-refractivity contribution in [3.8, 4) is 5.75 Å². The van der Waals surface area contributed by atoms with E-state index in [0.717, 1.165) is 35.4 Å². The van der Waals surface area contributed by atoms with Crippen LogP contribution in [0.1, 0.15) is 42.5 Å². The van der Waals surface area contributed by atoms with Gasteiger partial charge in [0.1, 0.15) is 5.75 Å². The Balaban J connectivity index is 2.13. The zero-order valence-corrected chi connectivity index (χ0v) is 11.6. The van der Waals surface area contributed by atoms with Gasteiger partial charge in [-0.15, -0.1) is 0 Å². The summed E-state index contributed by atoms with van der Waals surface area (Å²) in [6.07, 6.45) is 7.05. The summed E-state index contributed by atoms with van der Waals surface area (Å²) in [7, 11) is 1.69. The van der Waals surface area contributed by atoms with Gasteiger partial charge in [0, 0.05) is 29.4 Å². The Morgan fingerprint density at radius 1 is 1.39 bits per heavy atom. The third kappa shape index (κ3) is 2.66. The molecule has 1 fully saturated rings. The van der Waals surface area contributed by atoms with E-state index in [2.05, 4.69) is 4.98 Å². The number of methoxy groups -OCH3 is 1. The van der Waals surface area contributed by atoms with Crippen LogP contribution in [-0.4, -0.2) is 23.3 Å². The third-order valence-corrected chi connectivity index (χ3v) is 4.10. The van der Waals surface area contributed by atoms with E-state index in [1.807, 2.05) is 20.0 Å². The van der Waals surface area contributed by atoms with Crippen LogP contribution < -0.4 is 4.74 Å². The van der Waals surface area contributed by atoms with Crippen LogP contribution >= 0.6 is 0 Å². The first-order valence-corrected chi connectivity index (χ1v) is 6.80. The second-order valence-electron chi connectivity index (χ2n) is 5.36. The van der Waals surface area contributed by atoms with E-state index in [0.29, 0.717) is 12.3 Å². The SMILES string of the molecule is COc1c(C)cnc(CC(O)C2CCCC2)c1C. The Morgan fingerprint density at radius 2 is 2.06 bits per heavy atom. The van der Waals surface area contributed by atoms with Crippen molar-refractivity contribution >= 4 is 0 Å². The number of hydrogen-bond donors (Lipinski definition) is 1. The lowest BCUT2D eigenvalue weighted by Crippen LogP contribution is -2.21. The van der Waals surface area contributed by atoms with Gasteiger partial charge in [-0.3, -0.25) is 4.98 Å². The van der Waals surface area contributed by atoms with Gasteiger partial charge in [0.15, 0.2) is 0 Å². The standard InChI is InChI=1S/C15H23NO2/c1-10-9-16-13(11(2)15(10)18-3)8-14(17)12-6-4-5-7-12/h9,12,14,17H,4-8H2,1-3H3. The number of aryl methyl sites for hydroxylation is 1. The van der Waals surface area contributed by atoms with Crippen LogP contribution in [-0.2, 0) is 6.42 Å². The maximum atomic E-state index is 10.3. The van der Waals surface area contributed by atoms with Crippen LogP contribution in [0.15, 0.2) is 6.20 Å². The smallest absolute Gasteiger partial charge is 0.128 e. The lowest BCUT2D eigenvalue weighted by atomic mass is 9.95. The monoisotopic (exact) mass is 249 g/mol. The predicted octanol–water partition coefficient (Wildman–Crippen LogP) is 2.80. The summed E-state index contributed by atoms with van der Waals surface area (Å²) < 4.78 is 5.40. The van der Waals surface area contributed by atoms with Crippen molar-refractivity contribution in [2.24, 2.45) is 5.92 Å². The molecule has 1 aliphatic rings. The van der Waals surface area contributed by atoms with Crippen LogP contribution in [0, 0.1) is 19.8 Å².